The van der Waals surface area contributed by atoms with Crippen molar-refractivity contribution in [1.82, 2.24) is 20.4 Å². The quantitative estimate of drug-likeness (QED) is 0.298. The Kier molecular flexibility index (Phi) is 7.35. The number of aliphatic imine (C=N–C) groups is 1. The van der Waals surface area contributed by atoms with Crippen molar-refractivity contribution < 1.29 is 0 Å². The molecule has 126 valence electrons. The van der Waals surface area contributed by atoms with Crippen molar-refractivity contribution in [2.75, 3.05) is 20.1 Å². The second-order valence-corrected chi connectivity index (χ2v) is 8.45. The van der Waals surface area contributed by atoms with E-state index in [2.05, 4.69) is 73.1 Å². The molecule has 0 radical (unpaired) electrons. The third-order valence-electron chi connectivity index (χ3n) is 3.46. The van der Waals surface area contributed by atoms with Crippen LogP contribution in [0.5, 0.6) is 0 Å². The van der Waals surface area contributed by atoms with E-state index < -0.39 is 0 Å². The summed E-state index contributed by atoms with van der Waals surface area (Å²) in [6.45, 7) is 6.84. The Hall–Kier alpha value is -1.09. The number of nitrogens with one attached hydrogen (secondary N) is 2. The number of thiophene rings is 1. The molecule has 0 saturated heterocycles. The molecule has 5 nitrogen and oxygen atoms in total. The first-order valence-electron chi connectivity index (χ1n) is 7.78. The van der Waals surface area contributed by atoms with Crippen LogP contribution in [-0.2, 0) is 13.0 Å². The second kappa shape index (κ2) is 9.27. The van der Waals surface area contributed by atoms with E-state index in [-0.39, 0.29) is 0 Å². The van der Waals surface area contributed by atoms with E-state index in [0.717, 1.165) is 44.1 Å². The average Bonchev–Trinajstić information content (AvgIpc) is 3.07. The lowest BCUT2D eigenvalue weighted by Crippen LogP contribution is -2.38. The van der Waals surface area contributed by atoms with Crippen molar-refractivity contribution >= 4 is 39.9 Å². The molecule has 0 fully saturated rings. The maximum atomic E-state index is 4.48. The van der Waals surface area contributed by atoms with Gasteiger partial charge in [-0.05, 0) is 67.5 Å². The molecule has 2 N–H and O–H groups in total. The van der Waals surface area contributed by atoms with Gasteiger partial charge in [-0.3, -0.25) is 9.67 Å². The number of guanidine groups is 1. The van der Waals surface area contributed by atoms with Crippen molar-refractivity contribution in [2.45, 2.75) is 33.2 Å². The standard InChI is InChI=1S/C16H24IN5S/c1-12-11-13(2)22(21-12)10-4-8-19-16(18-3)20-9-7-14-5-6-15(17)23-14/h5-6,11H,4,7-10H2,1-3H3,(H2,18,19,20). The van der Waals surface area contributed by atoms with Crippen molar-refractivity contribution in [1.29, 1.82) is 0 Å². The SMILES string of the molecule is CN=C(NCCCn1nc(C)cc1C)NCCc1ccc(I)s1. The Balaban J connectivity index is 1.64. The Morgan fingerprint density at radius 2 is 2.09 bits per heavy atom. The molecule has 0 bridgehead atoms. The smallest absolute Gasteiger partial charge is 0.190 e. The Morgan fingerprint density at radius 3 is 2.70 bits per heavy atom. The number of hydrogen-bond donors (Lipinski definition) is 2. The van der Waals surface area contributed by atoms with E-state index in [1.54, 1.807) is 0 Å². The summed E-state index contributed by atoms with van der Waals surface area (Å²) in [5.74, 6) is 0.865. The van der Waals surface area contributed by atoms with Crippen molar-refractivity contribution in [2.24, 2.45) is 4.99 Å². The summed E-state index contributed by atoms with van der Waals surface area (Å²) in [4.78, 5) is 5.67. The zero-order valence-electron chi connectivity index (χ0n) is 13.9. The molecule has 0 atom stereocenters. The molecule has 0 saturated carbocycles. The highest BCUT2D eigenvalue weighted by Gasteiger charge is 2.02. The summed E-state index contributed by atoms with van der Waals surface area (Å²) in [7, 11) is 1.81. The predicted molar refractivity (Wildman–Crippen MR) is 106 cm³/mol. The zero-order chi connectivity index (χ0) is 16.7. The van der Waals surface area contributed by atoms with Gasteiger partial charge in [-0.15, -0.1) is 11.3 Å². The van der Waals surface area contributed by atoms with Gasteiger partial charge in [0, 0.05) is 37.3 Å². The van der Waals surface area contributed by atoms with Crippen LogP contribution >= 0.6 is 33.9 Å². The molecule has 0 aliphatic carbocycles. The highest BCUT2D eigenvalue weighted by molar-refractivity contribution is 14.1. The van der Waals surface area contributed by atoms with Gasteiger partial charge in [-0.25, -0.2) is 0 Å². The van der Waals surface area contributed by atoms with Gasteiger partial charge in [0.1, 0.15) is 0 Å². The van der Waals surface area contributed by atoms with Crippen LogP contribution in [0.2, 0.25) is 0 Å². The summed E-state index contributed by atoms with van der Waals surface area (Å²) < 4.78 is 3.40. The summed E-state index contributed by atoms with van der Waals surface area (Å²) in [5, 5.41) is 11.2. The summed E-state index contributed by atoms with van der Waals surface area (Å²) in [5.41, 5.74) is 2.30. The molecule has 0 aliphatic rings. The van der Waals surface area contributed by atoms with Crippen LogP contribution in [0.3, 0.4) is 0 Å². The summed E-state index contributed by atoms with van der Waals surface area (Å²) in [6.07, 6.45) is 2.05. The molecule has 2 heterocycles. The molecule has 0 aromatic carbocycles. The first-order chi connectivity index (χ1) is 11.1. The highest BCUT2D eigenvalue weighted by atomic mass is 127. The number of rotatable bonds is 7. The molecule has 0 unspecified atom stereocenters. The zero-order valence-corrected chi connectivity index (χ0v) is 16.9. The van der Waals surface area contributed by atoms with Crippen LogP contribution in [0.4, 0.5) is 0 Å². The van der Waals surface area contributed by atoms with E-state index in [0.29, 0.717) is 0 Å². The molecule has 0 amide bonds. The third kappa shape index (κ3) is 6.14. The monoisotopic (exact) mass is 445 g/mol. The molecule has 0 spiro atoms. The number of halogens is 1. The third-order valence-corrected chi connectivity index (χ3v) is 5.41. The molecule has 2 aromatic rings. The van der Waals surface area contributed by atoms with Crippen molar-refractivity contribution in [3.05, 3.63) is 37.3 Å². The lowest BCUT2D eigenvalue weighted by Gasteiger charge is -2.11. The minimum absolute atomic E-state index is 0.865. The predicted octanol–water partition coefficient (Wildman–Crippen LogP) is 2.96. The first-order valence-corrected chi connectivity index (χ1v) is 9.68. The molecule has 7 heteroatoms. The van der Waals surface area contributed by atoms with Gasteiger partial charge in [-0.1, -0.05) is 0 Å². The van der Waals surface area contributed by atoms with Crippen LogP contribution in [0.25, 0.3) is 0 Å². The Labute approximate surface area is 155 Å². The van der Waals surface area contributed by atoms with Crippen molar-refractivity contribution in [3.8, 4) is 0 Å². The highest BCUT2D eigenvalue weighted by Crippen LogP contribution is 2.18. The topological polar surface area (TPSA) is 54.2 Å². The van der Waals surface area contributed by atoms with Gasteiger partial charge in [0.25, 0.3) is 0 Å². The van der Waals surface area contributed by atoms with Crippen molar-refractivity contribution in [3.63, 3.8) is 0 Å². The Bertz CT molecular complexity index is 647. The van der Waals surface area contributed by atoms with Gasteiger partial charge < -0.3 is 10.6 Å². The molecular weight excluding hydrogens is 421 g/mol. The number of nitrogens with zero attached hydrogens (tertiary/aromatic N) is 3. The van der Waals surface area contributed by atoms with E-state index in [1.165, 1.54) is 13.5 Å². The van der Waals surface area contributed by atoms with E-state index in [4.69, 9.17) is 0 Å². The van der Waals surface area contributed by atoms with Gasteiger partial charge in [0.05, 0.1) is 8.58 Å². The largest absolute Gasteiger partial charge is 0.356 e. The summed E-state index contributed by atoms with van der Waals surface area (Å²) >= 11 is 4.21. The Morgan fingerprint density at radius 1 is 1.30 bits per heavy atom. The molecular formula is C16H24IN5S. The number of aromatic nitrogens is 2. The fourth-order valence-corrected chi connectivity index (χ4v) is 4.10. The number of hydrogen-bond acceptors (Lipinski definition) is 3. The van der Waals surface area contributed by atoms with Crippen LogP contribution in [-0.4, -0.2) is 35.9 Å². The number of aryl methyl sites for hydroxylation is 3. The van der Waals surface area contributed by atoms with Crippen LogP contribution in [0, 0.1) is 16.7 Å². The maximum Gasteiger partial charge on any atom is 0.190 e. The fraction of sp³-hybridized carbons (Fsp3) is 0.500. The molecule has 0 aliphatic heterocycles. The van der Waals surface area contributed by atoms with Gasteiger partial charge in [0.2, 0.25) is 0 Å². The van der Waals surface area contributed by atoms with E-state index in [1.807, 2.05) is 25.3 Å². The van der Waals surface area contributed by atoms with E-state index in [9.17, 15) is 0 Å². The lowest BCUT2D eigenvalue weighted by atomic mass is 10.3. The maximum absolute atomic E-state index is 4.48. The lowest BCUT2D eigenvalue weighted by molar-refractivity contribution is 0.555. The minimum Gasteiger partial charge on any atom is -0.356 e. The van der Waals surface area contributed by atoms with Crippen LogP contribution in [0.15, 0.2) is 23.2 Å². The molecule has 23 heavy (non-hydrogen) atoms. The molecule has 2 rings (SSSR count). The first kappa shape index (κ1) is 18.3. The normalized spacial score (nSPS) is 11.7. The van der Waals surface area contributed by atoms with Crippen LogP contribution in [0.1, 0.15) is 22.7 Å². The summed E-state index contributed by atoms with van der Waals surface area (Å²) in [6, 6.07) is 6.46. The fourth-order valence-electron chi connectivity index (χ4n) is 2.35. The van der Waals surface area contributed by atoms with E-state index >= 15 is 0 Å². The van der Waals surface area contributed by atoms with Gasteiger partial charge >= 0.3 is 0 Å². The van der Waals surface area contributed by atoms with Gasteiger partial charge in [-0.2, -0.15) is 5.10 Å². The minimum atomic E-state index is 0.865. The van der Waals surface area contributed by atoms with Crippen LogP contribution < -0.4 is 10.6 Å². The average molecular weight is 445 g/mol. The molecule has 2 aromatic heterocycles. The second-order valence-electron chi connectivity index (χ2n) is 5.39. The van der Waals surface area contributed by atoms with Gasteiger partial charge in [0.15, 0.2) is 5.96 Å².